The first-order chi connectivity index (χ1) is 12.7. The number of carboxylic acid groups (broad SMARTS) is 1. The van der Waals surface area contributed by atoms with Gasteiger partial charge in [0.2, 0.25) is 0 Å². The number of hydrogen-bond acceptors (Lipinski definition) is 3. The third-order valence-corrected chi connectivity index (χ3v) is 5.26. The molecule has 0 aliphatic heterocycles. The molecular formula is C22H46N2O2. The van der Waals surface area contributed by atoms with Gasteiger partial charge in [0.1, 0.15) is 6.04 Å². The van der Waals surface area contributed by atoms with Crippen LogP contribution < -0.4 is 5.73 Å². The number of nitrogens with zero attached hydrogens (tertiary/aromatic N) is 1. The number of carbonyl (C=O) groups is 1. The van der Waals surface area contributed by atoms with Gasteiger partial charge in [0.25, 0.3) is 0 Å². The highest BCUT2D eigenvalue weighted by molar-refractivity contribution is 5.73. The third kappa shape index (κ3) is 14.5. The zero-order chi connectivity index (χ0) is 19.5. The number of hydrogen-bond donors (Lipinski definition) is 2. The fourth-order valence-electron chi connectivity index (χ4n) is 3.56. The van der Waals surface area contributed by atoms with Gasteiger partial charge in [-0.1, -0.05) is 84.5 Å². The van der Waals surface area contributed by atoms with E-state index in [-0.39, 0.29) is 6.04 Å². The third-order valence-electron chi connectivity index (χ3n) is 5.26. The predicted octanol–water partition coefficient (Wildman–Crippen LogP) is 5.59. The van der Waals surface area contributed by atoms with Gasteiger partial charge in [-0.2, -0.15) is 0 Å². The zero-order valence-electron chi connectivity index (χ0n) is 17.7. The van der Waals surface area contributed by atoms with Crippen molar-refractivity contribution in [3.05, 3.63) is 0 Å². The maximum atomic E-state index is 11.8. The van der Waals surface area contributed by atoms with Crippen molar-refractivity contribution in [1.82, 2.24) is 4.90 Å². The summed E-state index contributed by atoms with van der Waals surface area (Å²) in [4.78, 5) is 14.1. The summed E-state index contributed by atoms with van der Waals surface area (Å²) >= 11 is 0. The Bertz CT molecular complexity index is 295. The van der Waals surface area contributed by atoms with Crippen LogP contribution in [0.15, 0.2) is 0 Å². The molecule has 0 amide bonds. The molecule has 0 aromatic rings. The van der Waals surface area contributed by atoms with Gasteiger partial charge in [0, 0.05) is 0 Å². The van der Waals surface area contributed by atoms with Gasteiger partial charge in [-0.25, -0.2) is 0 Å². The summed E-state index contributed by atoms with van der Waals surface area (Å²) in [5.74, 6) is -0.654. The van der Waals surface area contributed by atoms with Crippen molar-refractivity contribution in [3.63, 3.8) is 0 Å². The minimum Gasteiger partial charge on any atom is -0.480 e. The minimum absolute atomic E-state index is 0.326. The van der Waals surface area contributed by atoms with Crippen LogP contribution in [-0.2, 0) is 4.79 Å². The van der Waals surface area contributed by atoms with E-state index in [9.17, 15) is 9.90 Å². The second kappa shape index (κ2) is 19.2. The Morgan fingerprint density at radius 1 is 0.769 bits per heavy atom. The average molecular weight is 371 g/mol. The van der Waals surface area contributed by atoms with E-state index in [0.29, 0.717) is 6.54 Å². The van der Waals surface area contributed by atoms with E-state index in [1.807, 2.05) is 0 Å². The Kier molecular flexibility index (Phi) is 18.7. The van der Waals surface area contributed by atoms with Gasteiger partial charge in [0.05, 0.1) is 0 Å². The fraction of sp³-hybridized carbons (Fsp3) is 0.955. The van der Waals surface area contributed by atoms with Crippen LogP contribution in [0.3, 0.4) is 0 Å². The molecule has 0 aliphatic carbocycles. The van der Waals surface area contributed by atoms with E-state index in [0.717, 1.165) is 45.2 Å². The molecule has 4 nitrogen and oxygen atoms in total. The molecule has 0 saturated heterocycles. The summed E-state index contributed by atoms with van der Waals surface area (Å²) in [6.07, 6.45) is 17.6. The average Bonchev–Trinajstić information content (AvgIpc) is 2.63. The molecule has 0 fully saturated rings. The van der Waals surface area contributed by atoms with E-state index in [2.05, 4.69) is 18.7 Å². The van der Waals surface area contributed by atoms with E-state index in [1.54, 1.807) is 0 Å². The van der Waals surface area contributed by atoms with Crippen LogP contribution in [0.2, 0.25) is 0 Å². The lowest BCUT2D eigenvalue weighted by molar-refractivity contribution is -0.143. The summed E-state index contributed by atoms with van der Waals surface area (Å²) in [6.45, 7) is 6.99. The first-order valence-corrected chi connectivity index (χ1v) is 11.3. The largest absolute Gasteiger partial charge is 0.480 e. The molecule has 0 aromatic heterocycles. The van der Waals surface area contributed by atoms with E-state index in [4.69, 9.17) is 5.73 Å². The number of unbranched alkanes of at least 4 members (excludes halogenated alkanes) is 11. The fourth-order valence-corrected chi connectivity index (χ4v) is 3.56. The number of rotatable bonds is 20. The second-order valence-electron chi connectivity index (χ2n) is 7.71. The molecule has 0 unspecified atom stereocenters. The zero-order valence-corrected chi connectivity index (χ0v) is 17.7. The Morgan fingerprint density at radius 3 is 1.65 bits per heavy atom. The second-order valence-corrected chi connectivity index (χ2v) is 7.71. The lowest BCUT2D eigenvalue weighted by Gasteiger charge is -2.29. The molecule has 0 heterocycles. The van der Waals surface area contributed by atoms with Crippen molar-refractivity contribution in [2.45, 2.75) is 116 Å². The van der Waals surface area contributed by atoms with Gasteiger partial charge in [-0.05, 0) is 45.3 Å². The summed E-state index contributed by atoms with van der Waals surface area (Å²) in [5, 5.41) is 9.72. The molecule has 0 radical (unpaired) electrons. The smallest absolute Gasteiger partial charge is 0.320 e. The van der Waals surface area contributed by atoms with Crippen LogP contribution in [-0.4, -0.2) is 41.7 Å². The van der Waals surface area contributed by atoms with Crippen LogP contribution in [0.1, 0.15) is 110 Å². The quantitative estimate of drug-likeness (QED) is 0.274. The molecule has 0 aromatic carbocycles. The number of nitrogens with two attached hydrogens (primary N) is 1. The van der Waals surface area contributed by atoms with Crippen molar-refractivity contribution in [2.24, 2.45) is 5.73 Å². The number of carboxylic acids is 1. The van der Waals surface area contributed by atoms with Gasteiger partial charge >= 0.3 is 5.97 Å². The molecule has 156 valence electrons. The van der Waals surface area contributed by atoms with Crippen LogP contribution >= 0.6 is 0 Å². The maximum Gasteiger partial charge on any atom is 0.320 e. The van der Waals surface area contributed by atoms with Crippen LogP contribution in [0.5, 0.6) is 0 Å². The maximum absolute atomic E-state index is 11.8. The van der Waals surface area contributed by atoms with Gasteiger partial charge in [-0.15, -0.1) is 0 Å². The molecule has 4 heteroatoms. The van der Waals surface area contributed by atoms with E-state index >= 15 is 0 Å². The normalized spacial score (nSPS) is 12.6. The van der Waals surface area contributed by atoms with Crippen LogP contribution in [0, 0.1) is 0 Å². The lowest BCUT2D eigenvalue weighted by Crippen LogP contribution is -2.42. The Morgan fingerprint density at radius 2 is 1.23 bits per heavy atom. The van der Waals surface area contributed by atoms with Crippen molar-refractivity contribution in [1.29, 1.82) is 0 Å². The van der Waals surface area contributed by atoms with E-state index < -0.39 is 5.97 Å². The van der Waals surface area contributed by atoms with Crippen molar-refractivity contribution in [2.75, 3.05) is 19.6 Å². The predicted molar refractivity (Wildman–Crippen MR) is 113 cm³/mol. The Balaban J connectivity index is 4.35. The van der Waals surface area contributed by atoms with Gasteiger partial charge < -0.3 is 10.8 Å². The van der Waals surface area contributed by atoms with Crippen LogP contribution in [0.25, 0.3) is 0 Å². The van der Waals surface area contributed by atoms with Gasteiger partial charge in [-0.3, -0.25) is 9.69 Å². The first-order valence-electron chi connectivity index (χ1n) is 11.3. The summed E-state index contributed by atoms with van der Waals surface area (Å²) < 4.78 is 0. The van der Waals surface area contributed by atoms with Crippen LogP contribution in [0.4, 0.5) is 0 Å². The minimum atomic E-state index is -0.654. The molecular weight excluding hydrogens is 324 g/mol. The highest BCUT2D eigenvalue weighted by Gasteiger charge is 2.24. The molecule has 0 rings (SSSR count). The van der Waals surface area contributed by atoms with Crippen molar-refractivity contribution < 1.29 is 9.90 Å². The Labute approximate surface area is 162 Å². The molecule has 1 atom stereocenters. The summed E-state index contributed by atoms with van der Waals surface area (Å²) in [5.41, 5.74) is 5.58. The lowest BCUT2D eigenvalue weighted by atomic mass is 10.0. The molecule has 0 saturated carbocycles. The molecule has 3 N–H and O–H groups in total. The van der Waals surface area contributed by atoms with Gasteiger partial charge in [0.15, 0.2) is 0 Å². The van der Waals surface area contributed by atoms with Crippen molar-refractivity contribution in [3.8, 4) is 0 Å². The number of aliphatic carboxylic acids is 1. The Hall–Kier alpha value is -0.610. The van der Waals surface area contributed by atoms with E-state index in [1.165, 1.54) is 64.2 Å². The first kappa shape index (κ1) is 25.4. The van der Waals surface area contributed by atoms with Crippen molar-refractivity contribution >= 4 is 5.97 Å². The highest BCUT2D eigenvalue weighted by atomic mass is 16.4. The SMILES string of the molecule is CCCCCCCCN(CCCCCCCC)[C@@H](CCCCN)C(=O)O. The molecule has 0 aliphatic rings. The monoisotopic (exact) mass is 370 g/mol. The molecule has 26 heavy (non-hydrogen) atoms. The standard InChI is InChI=1S/C22H46N2O2/c1-3-5-7-9-11-15-19-24(20-16-12-10-8-6-4-2)21(22(25)26)17-13-14-18-23/h21H,3-20,23H2,1-2H3,(H,25,26)/t21-/m0/s1. The molecule has 0 bridgehead atoms. The molecule has 0 spiro atoms. The topological polar surface area (TPSA) is 66.6 Å². The summed E-state index contributed by atoms with van der Waals surface area (Å²) in [6, 6.07) is -0.326. The highest BCUT2D eigenvalue weighted by Crippen LogP contribution is 2.15. The summed E-state index contributed by atoms with van der Waals surface area (Å²) in [7, 11) is 0.